The van der Waals surface area contributed by atoms with E-state index in [0.717, 1.165) is 21.2 Å². The van der Waals surface area contributed by atoms with Crippen LogP contribution in [-0.2, 0) is 6.54 Å². The molecule has 0 unspecified atom stereocenters. The molecule has 0 radical (unpaired) electrons. The van der Waals surface area contributed by atoms with Crippen molar-refractivity contribution in [3.8, 4) is 0 Å². The molecule has 1 rings (SSSR count). The average Bonchev–Trinajstić information content (AvgIpc) is 2.51. The zero-order valence-electron chi connectivity index (χ0n) is 9.89. The second-order valence-electron chi connectivity index (χ2n) is 3.73. The Morgan fingerprint density at radius 2 is 2.12 bits per heavy atom. The first-order valence-corrected chi connectivity index (χ1v) is 5.89. The normalized spacial score (nSPS) is 9.94. The minimum absolute atomic E-state index is 0.173. The van der Waals surface area contributed by atoms with Gasteiger partial charge in [-0.15, -0.1) is 11.3 Å². The van der Waals surface area contributed by atoms with Gasteiger partial charge in [-0.2, -0.15) is 0 Å². The van der Waals surface area contributed by atoms with E-state index in [0.29, 0.717) is 13.1 Å². The van der Waals surface area contributed by atoms with Crippen molar-refractivity contribution in [3.05, 3.63) is 27.7 Å². The molecule has 0 atom stereocenters. The highest BCUT2D eigenvalue weighted by Crippen LogP contribution is 2.16. The van der Waals surface area contributed by atoms with Crippen LogP contribution >= 0.6 is 11.3 Å². The zero-order chi connectivity index (χ0) is 12.1. The fourth-order valence-electron chi connectivity index (χ4n) is 1.19. The standard InChI is InChI=1S/C11H17N3OS/c1-7(2)5-12-11(15)13-6-10-8(3)14-9(4)16-10/h1,5-6H2,2-4H3,(H2,12,13,15). The van der Waals surface area contributed by atoms with Gasteiger partial charge < -0.3 is 10.6 Å². The molecule has 4 nitrogen and oxygen atoms in total. The lowest BCUT2D eigenvalue weighted by Gasteiger charge is -2.06. The number of amides is 2. The topological polar surface area (TPSA) is 54.0 Å². The second kappa shape index (κ2) is 5.65. The molecule has 0 aromatic carbocycles. The van der Waals surface area contributed by atoms with E-state index in [1.165, 1.54) is 0 Å². The quantitative estimate of drug-likeness (QED) is 0.791. The van der Waals surface area contributed by atoms with E-state index in [-0.39, 0.29) is 6.03 Å². The van der Waals surface area contributed by atoms with Crippen LogP contribution in [0.4, 0.5) is 4.79 Å². The fourth-order valence-corrected chi connectivity index (χ4v) is 2.07. The second-order valence-corrected chi connectivity index (χ2v) is 5.02. The van der Waals surface area contributed by atoms with Crippen LogP contribution in [0.15, 0.2) is 12.2 Å². The maximum Gasteiger partial charge on any atom is 0.315 e. The number of nitrogens with one attached hydrogen (secondary N) is 2. The van der Waals surface area contributed by atoms with E-state index in [4.69, 9.17) is 0 Å². The van der Waals surface area contributed by atoms with Crippen LogP contribution in [0.5, 0.6) is 0 Å². The van der Waals surface area contributed by atoms with E-state index in [1.807, 2.05) is 20.8 Å². The van der Waals surface area contributed by atoms with Gasteiger partial charge >= 0.3 is 6.03 Å². The van der Waals surface area contributed by atoms with Crippen LogP contribution in [0.3, 0.4) is 0 Å². The molecule has 0 aliphatic rings. The maximum absolute atomic E-state index is 11.4. The van der Waals surface area contributed by atoms with Gasteiger partial charge in [0, 0.05) is 11.4 Å². The third-order valence-electron chi connectivity index (χ3n) is 1.96. The van der Waals surface area contributed by atoms with E-state index in [9.17, 15) is 4.79 Å². The highest BCUT2D eigenvalue weighted by molar-refractivity contribution is 7.11. The lowest BCUT2D eigenvalue weighted by molar-refractivity contribution is 0.241. The predicted octanol–water partition coefficient (Wildman–Crippen LogP) is 2.14. The van der Waals surface area contributed by atoms with Crippen LogP contribution in [0.25, 0.3) is 0 Å². The third kappa shape index (κ3) is 4.02. The molecular formula is C11H17N3OS. The molecule has 0 spiro atoms. The Morgan fingerprint density at radius 1 is 1.44 bits per heavy atom. The molecule has 0 fully saturated rings. The number of nitrogens with zero attached hydrogens (tertiary/aromatic N) is 1. The lowest BCUT2D eigenvalue weighted by Crippen LogP contribution is -2.35. The van der Waals surface area contributed by atoms with Gasteiger partial charge in [-0.3, -0.25) is 0 Å². The molecule has 1 heterocycles. The summed E-state index contributed by atoms with van der Waals surface area (Å²) < 4.78 is 0. The minimum atomic E-state index is -0.173. The fraction of sp³-hybridized carbons (Fsp3) is 0.455. The summed E-state index contributed by atoms with van der Waals surface area (Å²) in [7, 11) is 0. The minimum Gasteiger partial charge on any atom is -0.334 e. The largest absolute Gasteiger partial charge is 0.334 e. The van der Waals surface area contributed by atoms with Crippen LogP contribution in [-0.4, -0.2) is 17.6 Å². The molecule has 1 aromatic rings. The smallest absolute Gasteiger partial charge is 0.315 e. The molecule has 88 valence electrons. The summed E-state index contributed by atoms with van der Waals surface area (Å²) in [6.45, 7) is 10.5. The zero-order valence-corrected chi connectivity index (χ0v) is 10.7. The Morgan fingerprint density at radius 3 is 2.62 bits per heavy atom. The van der Waals surface area contributed by atoms with E-state index in [1.54, 1.807) is 11.3 Å². The Bertz CT molecular complexity index is 398. The van der Waals surface area contributed by atoms with E-state index < -0.39 is 0 Å². The first-order chi connectivity index (χ1) is 7.49. The van der Waals surface area contributed by atoms with E-state index in [2.05, 4.69) is 22.2 Å². The molecular weight excluding hydrogens is 222 g/mol. The monoisotopic (exact) mass is 239 g/mol. The maximum atomic E-state index is 11.4. The van der Waals surface area contributed by atoms with Gasteiger partial charge in [-0.05, 0) is 20.8 Å². The molecule has 0 saturated heterocycles. The molecule has 0 aliphatic carbocycles. The van der Waals surface area contributed by atoms with Gasteiger partial charge in [-0.1, -0.05) is 12.2 Å². The molecule has 0 saturated carbocycles. The molecule has 1 aromatic heterocycles. The molecule has 0 aliphatic heterocycles. The highest BCUT2D eigenvalue weighted by atomic mass is 32.1. The van der Waals surface area contributed by atoms with Crippen molar-refractivity contribution in [2.45, 2.75) is 27.3 Å². The number of carbonyl (C=O) groups excluding carboxylic acids is 1. The van der Waals surface area contributed by atoms with Gasteiger partial charge in [0.15, 0.2) is 0 Å². The van der Waals surface area contributed by atoms with Crippen LogP contribution < -0.4 is 10.6 Å². The van der Waals surface area contributed by atoms with Crippen molar-refractivity contribution in [1.82, 2.24) is 15.6 Å². The molecule has 0 bridgehead atoms. The number of rotatable bonds is 4. The Kier molecular flexibility index (Phi) is 4.49. The first kappa shape index (κ1) is 12.7. The van der Waals surface area contributed by atoms with Crippen molar-refractivity contribution in [3.63, 3.8) is 0 Å². The summed E-state index contributed by atoms with van der Waals surface area (Å²) >= 11 is 1.61. The summed E-state index contributed by atoms with van der Waals surface area (Å²) in [5, 5.41) is 6.53. The number of thiazole rings is 1. The van der Waals surface area contributed by atoms with Crippen LogP contribution in [0, 0.1) is 13.8 Å². The van der Waals surface area contributed by atoms with Crippen molar-refractivity contribution >= 4 is 17.4 Å². The van der Waals surface area contributed by atoms with Crippen LogP contribution in [0.1, 0.15) is 22.5 Å². The Hall–Kier alpha value is -1.36. The van der Waals surface area contributed by atoms with Gasteiger partial charge in [0.25, 0.3) is 0 Å². The number of hydrogen-bond acceptors (Lipinski definition) is 3. The molecule has 2 N–H and O–H groups in total. The highest BCUT2D eigenvalue weighted by Gasteiger charge is 2.06. The van der Waals surface area contributed by atoms with E-state index >= 15 is 0 Å². The van der Waals surface area contributed by atoms with Gasteiger partial charge in [0.2, 0.25) is 0 Å². The van der Waals surface area contributed by atoms with Crippen molar-refractivity contribution in [2.24, 2.45) is 0 Å². The third-order valence-corrected chi connectivity index (χ3v) is 3.03. The number of urea groups is 1. The summed E-state index contributed by atoms with van der Waals surface area (Å²) in [6, 6.07) is -0.173. The molecule has 16 heavy (non-hydrogen) atoms. The molecule has 5 heteroatoms. The predicted molar refractivity (Wildman–Crippen MR) is 66.6 cm³/mol. The van der Waals surface area contributed by atoms with Crippen molar-refractivity contribution in [2.75, 3.05) is 6.54 Å². The average molecular weight is 239 g/mol. The summed E-state index contributed by atoms with van der Waals surface area (Å²) in [5.74, 6) is 0. The SMILES string of the molecule is C=C(C)CNC(=O)NCc1sc(C)nc1C. The summed E-state index contributed by atoms with van der Waals surface area (Å²) in [5.41, 5.74) is 1.92. The van der Waals surface area contributed by atoms with Crippen molar-refractivity contribution < 1.29 is 4.79 Å². The first-order valence-electron chi connectivity index (χ1n) is 5.08. The lowest BCUT2D eigenvalue weighted by atomic mass is 10.3. The molecule has 2 amide bonds. The number of carbonyl (C=O) groups is 1. The summed E-state index contributed by atoms with van der Waals surface area (Å²) in [4.78, 5) is 16.8. The number of hydrogen-bond donors (Lipinski definition) is 2. The van der Waals surface area contributed by atoms with Gasteiger partial charge in [0.1, 0.15) is 0 Å². The van der Waals surface area contributed by atoms with Crippen LogP contribution in [0.2, 0.25) is 0 Å². The summed E-state index contributed by atoms with van der Waals surface area (Å²) in [6.07, 6.45) is 0. The number of aryl methyl sites for hydroxylation is 2. The van der Waals surface area contributed by atoms with Crippen molar-refractivity contribution in [1.29, 1.82) is 0 Å². The van der Waals surface area contributed by atoms with Gasteiger partial charge in [0.05, 0.1) is 17.2 Å². The van der Waals surface area contributed by atoms with Gasteiger partial charge in [-0.25, -0.2) is 9.78 Å². The Balaban J connectivity index is 2.37. The Labute approximate surface area is 99.8 Å². The number of aromatic nitrogens is 1.